The second kappa shape index (κ2) is 6.51. The van der Waals surface area contributed by atoms with Crippen molar-refractivity contribution in [3.05, 3.63) is 0 Å². The molecule has 0 aromatic heterocycles. The Labute approximate surface area is 101 Å². The van der Waals surface area contributed by atoms with Crippen LogP contribution in [0.3, 0.4) is 0 Å². The molecule has 2 nitrogen and oxygen atoms in total. The van der Waals surface area contributed by atoms with E-state index >= 15 is 0 Å². The van der Waals surface area contributed by atoms with E-state index in [4.69, 9.17) is 0 Å². The van der Waals surface area contributed by atoms with Crippen LogP contribution in [0.5, 0.6) is 0 Å². The largest absolute Gasteiger partial charge is 0.356 e. The Morgan fingerprint density at radius 3 is 2.67 bits per heavy atom. The maximum absolute atomic E-state index is 11.5. The number of hydrogen-bond acceptors (Lipinski definition) is 1. The smallest absolute Gasteiger partial charge is 0.220 e. The molecule has 15 heavy (non-hydrogen) atoms. The average molecular weight is 276 g/mol. The van der Waals surface area contributed by atoms with Crippen LogP contribution in [0.2, 0.25) is 0 Å². The lowest BCUT2D eigenvalue weighted by atomic mass is 9.98. The molecule has 1 aliphatic carbocycles. The van der Waals surface area contributed by atoms with Crippen molar-refractivity contribution in [1.29, 1.82) is 0 Å². The van der Waals surface area contributed by atoms with Gasteiger partial charge in [-0.15, -0.1) is 0 Å². The normalized spacial score (nSPS) is 25.9. The number of amides is 1. The Kier molecular flexibility index (Phi) is 5.65. The van der Waals surface area contributed by atoms with Gasteiger partial charge in [-0.05, 0) is 30.6 Å². The number of halogens is 1. The van der Waals surface area contributed by atoms with Crippen molar-refractivity contribution in [2.45, 2.75) is 39.5 Å². The standard InChI is InChI=1S/C12H22BrNO/c1-9(2)6-12(15)14-8-11-5-3-4-10(11)7-13/h9-11H,3-8H2,1-2H3,(H,14,15). The van der Waals surface area contributed by atoms with Crippen LogP contribution in [0, 0.1) is 17.8 Å². The van der Waals surface area contributed by atoms with Crippen molar-refractivity contribution in [2.75, 3.05) is 11.9 Å². The maximum Gasteiger partial charge on any atom is 0.220 e. The first kappa shape index (κ1) is 13.0. The zero-order valence-electron chi connectivity index (χ0n) is 9.76. The first-order valence-electron chi connectivity index (χ1n) is 5.96. The van der Waals surface area contributed by atoms with Gasteiger partial charge in [-0.1, -0.05) is 36.2 Å². The van der Waals surface area contributed by atoms with E-state index in [0.717, 1.165) is 17.8 Å². The predicted octanol–water partition coefficient (Wildman–Crippen LogP) is 2.96. The van der Waals surface area contributed by atoms with Crippen molar-refractivity contribution >= 4 is 21.8 Å². The van der Waals surface area contributed by atoms with Crippen LogP contribution >= 0.6 is 15.9 Å². The van der Waals surface area contributed by atoms with Crippen LogP contribution in [0.4, 0.5) is 0 Å². The fourth-order valence-electron chi connectivity index (χ4n) is 2.27. The summed E-state index contributed by atoms with van der Waals surface area (Å²) < 4.78 is 0. The first-order valence-corrected chi connectivity index (χ1v) is 7.08. The molecule has 0 heterocycles. The molecule has 1 amide bonds. The quantitative estimate of drug-likeness (QED) is 0.768. The molecule has 0 saturated heterocycles. The number of carbonyl (C=O) groups excluding carboxylic acids is 1. The van der Waals surface area contributed by atoms with Crippen LogP contribution in [0.15, 0.2) is 0 Å². The van der Waals surface area contributed by atoms with Crippen molar-refractivity contribution in [3.8, 4) is 0 Å². The SMILES string of the molecule is CC(C)CC(=O)NCC1CCCC1CBr. The van der Waals surface area contributed by atoms with Gasteiger partial charge in [-0.3, -0.25) is 4.79 Å². The highest BCUT2D eigenvalue weighted by Crippen LogP contribution is 2.32. The molecule has 0 aliphatic heterocycles. The number of hydrogen-bond donors (Lipinski definition) is 1. The molecule has 1 saturated carbocycles. The molecule has 1 aliphatic rings. The third-order valence-corrected chi connectivity index (χ3v) is 4.00. The van der Waals surface area contributed by atoms with Gasteiger partial charge in [0, 0.05) is 18.3 Å². The van der Waals surface area contributed by atoms with Gasteiger partial charge in [0.2, 0.25) is 5.91 Å². The fourth-order valence-corrected chi connectivity index (χ4v) is 3.13. The van der Waals surface area contributed by atoms with Crippen LogP contribution in [0.25, 0.3) is 0 Å². The van der Waals surface area contributed by atoms with Crippen molar-refractivity contribution in [1.82, 2.24) is 5.32 Å². The van der Waals surface area contributed by atoms with Crippen LogP contribution in [-0.4, -0.2) is 17.8 Å². The summed E-state index contributed by atoms with van der Waals surface area (Å²) in [6.07, 6.45) is 4.57. The van der Waals surface area contributed by atoms with E-state index in [2.05, 4.69) is 35.1 Å². The molecule has 1 fully saturated rings. The molecule has 0 radical (unpaired) electrons. The summed E-state index contributed by atoms with van der Waals surface area (Å²) in [4.78, 5) is 11.5. The summed E-state index contributed by atoms with van der Waals surface area (Å²) in [6.45, 7) is 5.04. The number of rotatable bonds is 5. The summed E-state index contributed by atoms with van der Waals surface area (Å²) in [5, 5.41) is 4.14. The minimum absolute atomic E-state index is 0.213. The zero-order valence-corrected chi connectivity index (χ0v) is 11.3. The Balaban J connectivity index is 2.21. The molecule has 3 heteroatoms. The van der Waals surface area contributed by atoms with Crippen molar-refractivity contribution < 1.29 is 4.79 Å². The molecule has 2 unspecified atom stereocenters. The van der Waals surface area contributed by atoms with E-state index < -0.39 is 0 Å². The summed E-state index contributed by atoms with van der Waals surface area (Å²) in [5.74, 6) is 2.13. The lowest BCUT2D eigenvalue weighted by molar-refractivity contribution is -0.122. The van der Waals surface area contributed by atoms with Gasteiger partial charge in [0.25, 0.3) is 0 Å². The van der Waals surface area contributed by atoms with E-state index in [-0.39, 0.29) is 5.91 Å². The van der Waals surface area contributed by atoms with E-state index in [1.54, 1.807) is 0 Å². The monoisotopic (exact) mass is 275 g/mol. The summed E-state index contributed by atoms with van der Waals surface area (Å²) >= 11 is 3.55. The van der Waals surface area contributed by atoms with E-state index in [9.17, 15) is 4.79 Å². The van der Waals surface area contributed by atoms with Crippen molar-refractivity contribution in [2.24, 2.45) is 17.8 Å². The Hall–Kier alpha value is -0.0500. The van der Waals surface area contributed by atoms with Gasteiger partial charge in [-0.2, -0.15) is 0 Å². The van der Waals surface area contributed by atoms with E-state index in [1.165, 1.54) is 19.3 Å². The molecule has 1 rings (SSSR count). The lowest BCUT2D eigenvalue weighted by Gasteiger charge is -2.18. The highest BCUT2D eigenvalue weighted by molar-refractivity contribution is 9.09. The number of nitrogens with one attached hydrogen (secondary N) is 1. The first-order chi connectivity index (χ1) is 7.13. The molecule has 0 bridgehead atoms. The third kappa shape index (κ3) is 4.54. The topological polar surface area (TPSA) is 29.1 Å². The molecule has 0 spiro atoms. The van der Waals surface area contributed by atoms with Gasteiger partial charge in [0.15, 0.2) is 0 Å². The maximum atomic E-state index is 11.5. The molecular weight excluding hydrogens is 254 g/mol. The highest BCUT2D eigenvalue weighted by atomic mass is 79.9. The fraction of sp³-hybridized carbons (Fsp3) is 0.917. The lowest BCUT2D eigenvalue weighted by Crippen LogP contribution is -2.31. The Bertz CT molecular complexity index is 206. The molecular formula is C12H22BrNO. The second-order valence-corrected chi connectivity index (χ2v) is 5.65. The van der Waals surface area contributed by atoms with Gasteiger partial charge in [0.05, 0.1) is 0 Å². The molecule has 88 valence electrons. The number of carbonyl (C=O) groups is 1. The summed E-state index contributed by atoms with van der Waals surface area (Å²) in [7, 11) is 0. The third-order valence-electron chi connectivity index (χ3n) is 3.17. The van der Waals surface area contributed by atoms with Crippen LogP contribution in [0.1, 0.15) is 39.5 Å². The van der Waals surface area contributed by atoms with Crippen LogP contribution < -0.4 is 5.32 Å². The van der Waals surface area contributed by atoms with Gasteiger partial charge in [0.1, 0.15) is 0 Å². The summed E-state index contributed by atoms with van der Waals surface area (Å²) in [5.41, 5.74) is 0. The molecule has 0 aromatic carbocycles. The Morgan fingerprint density at radius 2 is 2.07 bits per heavy atom. The number of alkyl halides is 1. The Morgan fingerprint density at radius 1 is 1.40 bits per heavy atom. The highest BCUT2D eigenvalue weighted by Gasteiger charge is 2.26. The molecule has 0 aromatic rings. The second-order valence-electron chi connectivity index (χ2n) is 5.01. The van der Waals surface area contributed by atoms with E-state index in [0.29, 0.717) is 18.3 Å². The minimum Gasteiger partial charge on any atom is -0.356 e. The zero-order chi connectivity index (χ0) is 11.3. The summed E-state index contributed by atoms with van der Waals surface area (Å²) in [6, 6.07) is 0. The van der Waals surface area contributed by atoms with Gasteiger partial charge >= 0.3 is 0 Å². The minimum atomic E-state index is 0.213. The molecule has 1 N–H and O–H groups in total. The van der Waals surface area contributed by atoms with Gasteiger partial charge < -0.3 is 5.32 Å². The van der Waals surface area contributed by atoms with Crippen molar-refractivity contribution in [3.63, 3.8) is 0 Å². The van der Waals surface area contributed by atoms with E-state index in [1.807, 2.05) is 0 Å². The van der Waals surface area contributed by atoms with Crippen LogP contribution in [-0.2, 0) is 4.79 Å². The molecule has 2 atom stereocenters. The average Bonchev–Trinajstić information content (AvgIpc) is 2.60. The predicted molar refractivity (Wildman–Crippen MR) is 67.1 cm³/mol. The van der Waals surface area contributed by atoms with Gasteiger partial charge in [-0.25, -0.2) is 0 Å².